The molecule has 2 amide bonds. The van der Waals surface area contributed by atoms with Crippen molar-refractivity contribution in [3.8, 4) is 5.75 Å². The Morgan fingerprint density at radius 2 is 1.88 bits per heavy atom. The summed E-state index contributed by atoms with van der Waals surface area (Å²) in [6.07, 6.45) is 0.500. The lowest BCUT2D eigenvalue weighted by Crippen LogP contribution is -2.52. The third-order valence-corrected chi connectivity index (χ3v) is 9.34. The molecule has 0 aliphatic carbocycles. The summed E-state index contributed by atoms with van der Waals surface area (Å²) < 4.78 is 21.4. The number of methoxy groups -OCH3 is 1. The summed E-state index contributed by atoms with van der Waals surface area (Å²) in [5.74, 6) is -3.36. The molecule has 0 saturated carbocycles. The molecule has 0 radical (unpaired) electrons. The number of anilines is 2. The zero-order valence-electron chi connectivity index (χ0n) is 24.0. The second kappa shape index (κ2) is 10.2. The highest BCUT2D eigenvalue weighted by Crippen LogP contribution is 2.61. The van der Waals surface area contributed by atoms with Crippen molar-refractivity contribution >= 4 is 52.4 Å². The number of carbonyl (C=O) groups is 3. The van der Waals surface area contributed by atoms with Gasteiger partial charge < -0.3 is 15.2 Å². The number of nitrogens with one attached hydrogen (secondary N) is 1. The van der Waals surface area contributed by atoms with Gasteiger partial charge in [-0.15, -0.1) is 0 Å². The van der Waals surface area contributed by atoms with E-state index >= 15 is 4.39 Å². The van der Waals surface area contributed by atoms with E-state index in [1.807, 2.05) is 4.90 Å². The number of carboxylic acid groups (broad SMARTS) is 1. The first kappa shape index (κ1) is 29.4. The van der Waals surface area contributed by atoms with Gasteiger partial charge in [0.25, 0.3) is 0 Å². The van der Waals surface area contributed by atoms with E-state index in [0.29, 0.717) is 28.4 Å². The van der Waals surface area contributed by atoms with Crippen LogP contribution in [0.1, 0.15) is 54.6 Å². The molecule has 2 saturated heterocycles. The summed E-state index contributed by atoms with van der Waals surface area (Å²) in [5, 5.41) is 12.9. The van der Waals surface area contributed by atoms with E-state index in [2.05, 4.69) is 26.1 Å². The van der Waals surface area contributed by atoms with Gasteiger partial charge in [0.1, 0.15) is 22.5 Å². The van der Waals surface area contributed by atoms with Crippen molar-refractivity contribution in [2.75, 3.05) is 24.0 Å². The summed E-state index contributed by atoms with van der Waals surface area (Å²) in [6, 6.07) is 12.8. The molecule has 3 aromatic carbocycles. The minimum absolute atomic E-state index is 0.0419. The van der Waals surface area contributed by atoms with Crippen molar-refractivity contribution in [2.45, 2.75) is 50.6 Å². The first-order valence-corrected chi connectivity index (χ1v) is 14.6. The van der Waals surface area contributed by atoms with Crippen LogP contribution in [0.4, 0.5) is 15.8 Å². The molecule has 2 fully saturated rings. The molecule has 3 aromatic rings. The predicted octanol–water partition coefficient (Wildman–Crippen LogP) is 6.31. The number of ether oxygens (including phenoxy) is 1. The molecule has 0 bridgehead atoms. The standard InChI is InChI=1S/C32H30Cl2FN3O5/c1-31(2,3)14-24-32(20-11-8-16(33)12-22(20)36-30(32)42)25(19-6-5-7-21(34)26(19)35)27-28(39)37(15-38(24)27)17-9-10-18(29(40)41)23(13-17)43-4/h5-13,24-25,27H,14-15H2,1-4H3,(H,36,42)(H,40,41)/t24-,25-,27+,32-/m1/s1. The molecule has 11 heteroatoms. The van der Waals surface area contributed by atoms with E-state index in [0.717, 1.165) is 0 Å². The Balaban J connectivity index is 1.59. The Bertz CT molecular complexity index is 1690. The average Bonchev–Trinajstić information content (AvgIpc) is 3.52. The summed E-state index contributed by atoms with van der Waals surface area (Å²) >= 11 is 12.6. The lowest BCUT2D eigenvalue weighted by molar-refractivity contribution is -0.122. The van der Waals surface area contributed by atoms with Crippen molar-refractivity contribution in [3.63, 3.8) is 0 Å². The molecule has 6 rings (SSSR count). The highest BCUT2D eigenvalue weighted by molar-refractivity contribution is 6.31. The zero-order valence-corrected chi connectivity index (χ0v) is 25.5. The Labute approximate surface area is 258 Å². The van der Waals surface area contributed by atoms with Gasteiger partial charge in [0.15, 0.2) is 0 Å². The van der Waals surface area contributed by atoms with Gasteiger partial charge in [-0.25, -0.2) is 9.18 Å². The lowest BCUT2D eigenvalue weighted by Gasteiger charge is -2.40. The number of hydrogen-bond acceptors (Lipinski definition) is 5. The predicted molar refractivity (Wildman–Crippen MR) is 162 cm³/mol. The van der Waals surface area contributed by atoms with Gasteiger partial charge in [-0.2, -0.15) is 0 Å². The first-order chi connectivity index (χ1) is 20.3. The van der Waals surface area contributed by atoms with E-state index in [4.69, 9.17) is 27.9 Å². The van der Waals surface area contributed by atoms with Gasteiger partial charge in [-0.05, 0) is 53.3 Å². The Kier molecular flexibility index (Phi) is 6.99. The van der Waals surface area contributed by atoms with Crippen LogP contribution in [0.25, 0.3) is 0 Å². The maximum absolute atomic E-state index is 16.0. The fourth-order valence-electron chi connectivity index (χ4n) is 7.20. The van der Waals surface area contributed by atoms with E-state index in [1.165, 1.54) is 30.2 Å². The van der Waals surface area contributed by atoms with Crippen LogP contribution in [0.5, 0.6) is 5.75 Å². The van der Waals surface area contributed by atoms with Crippen LogP contribution in [-0.2, 0) is 15.0 Å². The number of aromatic carboxylic acids is 1. The van der Waals surface area contributed by atoms with Crippen LogP contribution in [0.15, 0.2) is 54.6 Å². The summed E-state index contributed by atoms with van der Waals surface area (Å²) in [4.78, 5) is 44.1. The molecule has 1 spiro atoms. The molecule has 2 N–H and O–H groups in total. The fourth-order valence-corrected chi connectivity index (χ4v) is 7.56. The van der Waals surface area contributed by atoms with E-state index < -0.39 is 35.2 Å². The highest BCUT2D eigenvalue weighted by Gasteiger charge is 2.71. The second-order valence-corrected chi connectivity index (χ2v) is 13.3. The van der Waals surface area contributed by atoms with Crippen molar-refractivity contribution in [2.24, 2.45) is 5.41 Å². The number of amides is 2. The van der Waals surface area contributed by atoms with Crippen LogP contribution in [0.2, 0.25) is 10.0 Å². The first-order valence-electron chi connectivity index (χ1n) is 13.8. The summed E-state index contributed by atoms with van der Waals surface area (Å²) in [7, 11) is 1.36. The molecular formula is C32H30Cl2FN3O5. The van der Waals surface area contributed by atoms with Gasteiger partial charge in [0.05, 0.1) is 24.8 Å². The topological polar surface area (TPSA) is 99.2 Å². The largest absolute Gasteiger partial charge is 0.496 e. The number of benzene rings is 3. The second-order valence-electron chi connectivity index (χ2n) is 12.5. The smallest absolute Gasteiger partial charge is 0.339 e. The molecular weight excluding hydrogens is 596 g/mol. The van der Waals surface area contributed by atoms with Crippen LogP contribution < -0.4 is 15.0 Å². The Morgan fingerprint density at radius 3 is 2.56 bits per heavy atom. The fraction of sp³-hybridized carbons (Fsp3) is 0.344. The molecule has 3 aliphatic heterocycles. The van der Waals surface area contributed by atoms with Crippen molar-refractivity contribution in [1.29, 1.82) is 0 Å². The third kappa shape index (κ3) is 4.39. The lowest BCUT2D eigenvalue weighted by atomic mass is 9.62. The van der Waals surface area contributed by atoms with Gasteiger partial charge in [0, 0.05) is 34.4 Å². The Morgan fingerprint density at radius 1 is 1.14 bits per heavy atom. The molecule has 43 heavy (non-hydrogen) atoms. The summed E-state index contributed by atoms with van der Waals surface area (Å²) in [5.41, 5.74) is 0.118. The van der Waals surface area contributed by atoms with Gasteiger partial charge in [-0.1, -0.05) is 62.2 Å². The average molecular weight is 627 g/mol. The van der Waals surface area contributed by atoms with Gasteiger partial charge in [-0.3, -0.25) is 19.4 Å². The van der Waals surface area contributed by atoms with Gasteiger partial charge in [0.2, 0.25) is 11.8 Å². The van der Waals surface area contributed by atoms with Crippen molar-refractivity contribution in [1.82, 2.24) is 4.90 Å². The van der Waals surface area contributed by atoms with Crippen LogP contribution in [-0.4, -0.2) is 53.7 Å². The quantitative estimate of drug-likeness (QED) is 0.345. The van der Waals surface area contributed by atoms with Crippen molar-refractivity contribution < 1.29 is 28.6 Å². The number of fused-ring (bicyclic) bond motifs is 3. The Hall–Kier alpha value is -3.66. The SMILES string of the molecule is COc1cc(N2CN3[C@H](C2=O)[C@@H](c2cccc(Cl)c2F)[C@]2(C(=O)Nc4cc(Cl)ccc42)[C@H]3CC(C)(C)C)ccc1C(=O)O. The maximum atomic E-state index is 16.0. The molecule has 3 heterocycles. The molecule has 8 nitrogen and oxygen atoms in total. The molecule has 0 unspecified atom stereocenters. The number of carboxylic acids is 1. The third-order valence-electron chi connectivity index (χ3n) is 8.81. The molecule has 4 atom stereocenters. The van der Waals surface area contributed by atoms with Crippen LogP contribution in [0.3, 0.4) is 0 Å². The maximum Gasteiger partial charge on any atom is 0.339 e. The van der Waals surface area contributed by atoms with Crippen LogP contribution in [0, 0.1) is 11.2 Å². The normalized spacial score (nSPS) is 24.8. The highest BCUT2D eigenvalue weighted by atomic mass is 35.5. The minimum Gasteiger partial charge on any atom is -0.496 e. The number of rotatable bonds is 5. The molecule has 224 valence electrons. The zero-order chi connectivity index (χ0) is 31.0. The number of hydrogen-bond donors (Lipinski definition) is 2. The molecule has 3 aliphatic rings. The number of halogens is 3. The monoisotopic (exact) mass is 625 g/mol. The van der Waals surface area contributed by atoms with Gasteiger partial charge >= 0.3 is 5.97 Å². The molecule has 0 aromatic heterocycles. The summed E-state index contributed by atoms with van der Waals surface area (Å²) in [6.45, 7) is 6.27. The van der Waals surface area contributed by atoms with E-state index in [-0.39, 0.29) is 45.8 Å². The number of carbonyl (C=O) groups excluding carboxylic acids is 2. The van der Waals surface area contributed by atoms with Crippen molar-refractivity contribution in [3.05, 3.63) is 87.2 Å². The van der Waals surface area contributed by atoms with Crippen LogP contribution >= 0.6 is 23.2 Å². The number of nitrogens with zero attached hydrogens (tertiary/aromatic N) is 2. The minimum atomic E-state index is -1.34. The van der Waals surface area contributed by atoms with E-state index in [9.17, 15) is 19.5 Å². The van der Waals surface area contributed by atoms with E-state index in [1.54, 1.807) is 36.4 Å².